The fourth-order valence-corrected chi connectivity index (χ4v) is 3.20. The Bertz CT molecular complexity index is 379. The van der Waals surface area contributed by atoms with Crippen LogP contribution in [0.4, 0.5) is 13.2 Å². The third kappa shape index (κ3) is 12.8. The van der Waals surface area contributed by atoms with Gasteiger partial charge in [-0.2, -0.15) is 13.2 Å². The molecule has 0 bridgehead atoms. The van der Waals surface area contributed by atoms with Gasteiger partial charge in [-0.15, -0.1) is 0 Å². The number of halogens is 3. The zero-order valence-electron chi connectivity index (χ0n) is 10.4. The minimum atomic E-state index is -4.86. The maximum Gasteiger partial charge on any atom is 0.492 e. The van der Waals surface area contributed by atoms with Crippen LogP contribution < -0.4 is 0 Å². The largest absolute Gasteiger partial charge is 0.492 e. The highest BCUT2D eigenvalue weighted by Gasteiger charge is 2.36. The molecule has 0 saturated carbocycles. The topological polar surface area (TPSA) is 124 Å². The molecule has 0 fully saturated rings. The predicted octanol–water partition coefficient (Wildman–Crippen LogP) is -1.35. The van der Waals surface area contributed by atoms with Gasteiger partial charge in [-0.1, -0.05) is 0 Å². The van der Waals surface area contributed by atoms with E-state index in [1.165, 1.54) is 0 Å². The van der Waals surface area contributed by atoms with E-state index in [0.717, 1.165) is 0 Å². The lowest BCUT2D eigenvalue weighted by molar-refractivity contribution is -0.106. The molecule has 0 spiro atoms. The van der Waals surface area contributed by atoms with E-state index in [2.05, 4.69) is 0 Å². The number of hydrogen-bond donors (Lipinski definition) is 4. The lowest BCUT2D eigenvalue weighted by Crippen LogP contribution is -2.34. The summed E-state index contributed by atoms with van der Waals surface area (Å²) in [5.74, 6) is -3.09. The summed E-state index contributed by atoms with van der Waals surface area (Å²) in [5.41, 5.74) is 0. The predicted molar refractivity (Wildman–Crippen MR) is 63.4 cm³/mol. The maximum atomic E-state index is 11.9. The molecule has 12 heteroatoms. The molecule has 0 heterocycles. The number of hydrogen-bond acceptors (Lipinski definition) is 7. The van der Waals surface area contributed by atoms with E-state index in [-0.39, 0.29) is 19.1 Å². The van der Waals surface area contributed by atoms with Gasteiger partial charge in [0.05, 0.1) is 18.5 Å². The van der Waals surface area contributed by atoms with E-state index in [1.54, 1.807) is 0 Å². The van der Waals surface area contributed by atoms with Crippen LogP contribution in [0.15, 0.2) is 0 Å². The van der Waals surface area contributed by atoms with Crippen molar-refractivity contribution in [3.8, 4) is 0 Å². The summed E-state index contributed by atoms with van der Waals surface area (Å²) < 4.78 is 62.6. The van der Waals surface area contributed by atoms with Gasteiger partial charge in [-0.3, -0.25) is 0 Å². The van der Waals surface area contributed by atoms with Crippen molar-refractivity contribution in [2.45, 2.75) is 24.7 Å². The molecule has 0 rings (SSSR count). The lowest BCUT2D eigenvalue weighted by Gasteiger charge is -2.13. The van der Waals surface area contributed by atoms with Crippen molar-refractivity contribution in [2.24, 2.45) is 0 Å². The zero-order chi connectivity index (χ0) is 16.0. The van der Waals surface area contributed by atoms with Crippen LogP contribution in [0.3, 0.4) is 0 Å². The third-order valence-corrected chi connectivity index (χ3v) is 4.63. The quantitative estimate of drug-likeness (QED) is 0.301. The Morgan fingerprint density at radius 3 is 2.20 bits per heavy atom. The Balaban J connectivity index is 3.92. The molecule has 1 unspecified atom stereocenters. The lowest BCUT2D eigenvalue weighted by atomic mass is 10.4. The van der Waals surface area contributed by atoms with Crippen molar-refractivity contribution >= 4 is 18.6 Å². The Morgan fingerprint density at radius 2 is 1.75 bits per heavy atom. The highest BCUT2D eigenvalue weighted by atomic mass is 32.2. The standard InChI is InChI=1S/C8H17F3O7SSi/c9-8(10,11)6-19(13,14)5-7(12)4-18-2-1-3-20(15,16)17/h7,12,15-17H,1-6H2. The van der Waals surface area contributed by atoms with Gasteiger partial charge >= 0.3 is 15.0 Å². The number of aliphatic hydroxyl groups is 1. The van der Waals surface area contributed by atoms with Gasteiger partial charge in [0.15, 0.2) is 9.84 Å². The Kier molecular flexibility index (Phi) is 7.58. The second kappa shape index (κ2) is 7.68. The second-order valence-corrected chi connectivity index (χ2v) is 8.43. The third-order valence-electron chi connectivity index (χ3n) is 1.94. The van der Waals surface area contributed by atoms with Gasteiger partial charge in [-0.05, 0) is 6.42 Å². The molecule has 0 aromatic carbocycles. The van der Waals surface area contributed by atoms with Crippen LogP contribution in [0.1, 0.15) is 6.42 Å². The maximum absolute atomic E-state index is 11.9. The van der Waals surface area contributed by atoms with Crippen LogP contribution in [-0.2, 0) is 14.6 Å². The molecule has 7 nitrogen and oxygen atoms in total. The van der Waals surface area contributed by atoms with Gasteiger partial charge in [-0.25, -0.2) is 8.42 Å². The molecule has 0 aromatic heterocycles. The van der Waals surface area contributed by atoms with E-state index in [1.807, 2.05) is 0 Å². The van der Waals surface area contributed by atoms with Crippen LogP contribution in [0, 0.1) is 0 Å². The molecular weight excluding hydrogens is 325 g/mol. The minimum absolute atomic E-state index is 0.0533. The van der Waals surface area contributed by atoms with E-state index >= 15 is 0 Å². The summed E-state index contributed by atoms with van der Waals surface area (Å²) in [5, 5.41) is 9.23. The number of alkyl halides is 3. The first-order valence-electron chi connectivity index (χ1n) is 5.51. The van der Waals surface area contributed by atoms with Gasteiger partial charge in [0, 0.05) is 12.7 Å². The fraction of sp³-hybridized carbons (Fsp3) is 1.00. The van der Waals surface area contributed by atoms with Crippen LogP contribution in [-0.4, -0.2) is 73.7 Å². The van der Waals surface area contributed by atoms with Crippen LogP contribution in [0.5, 0.6) is 0 Å². The first-order chi connectivity index (χ1) is 8.81. The number of ether oxygens (including phenoxy) is 1. The number of aliphatic hydroxyl groups excluding tert-OH is 1. The highest BCUT2D eigenvalue weighted by molar-refractivity contribution is 7.91. The van der Waals surface area contributed by atoms with Crippen molar-refractivity contribution in [1.29, 1.82) is 0 Å². The average molecular weight is 342 g/mol. The smallest absolute Gasteiger partial charge is 0.390 e. The molecule has 122 valence electrons. The van der Waals surface area contributed by atoms with E-state index in [9.17, 15) is 26.7 Å². The Labute approximate surface area is 114 Å². The summed E-state index contributed by atoms with van der Waals surface area (Å²) in [7, 11) is -8.64. The van der Waals surface area contributed by atoms with E-state index in [4.69, 9.17) is 19.1 Å². The molecule has 0 amide bonds. The molecule has 4 N–H and O–H groups in total. The molecule has 0 aliphatic rings. The van der Waals surface area contributed by atoms with Crippen molar-refractivity contribution in [3.05, 3.63) is 0 Å². The first-order valence-corrected chi connectivity index (χ1v) is 9.38. The van der Waals surface area contributed by atoms with Crippen LogP contribution >= 0.6 is 0 Å². The molecule has 0 saturated heterocycles. The van der Waals surface area contributed by atoms with Crippen LogP contribution in [0.2, 0.25) is 6.04 Å². The van der Waals surface area contributed by atoms with E-state index in [0.29, 0.717) is 0 Å². The fourth-order valence-electron chi connectivity index (χ4n) is 1.28. The van der Waals surface area contributed by atoms with Gasteiger partial charge in [0.2, 0.25) is 0 Å². The molecular formula is C8H17F3O7SSi. The normalized spacial score (nSPS) is 15.3. The van der Waals surface area contributed by atoms with Gasteiger partial charge in [0.25, 0.3) is 0 Å². The van der Waals surface area contributed by atoms with Crippen molar-refractivity contribution in [3.63, 3.8) is 0 Å². The van der Waals surface area contributed by atoms with E-state index < -0.39 is 49.0 Å². The number of rotatable bonds is 9. The molecule has 20 heavy (non-hydrogen) atoms. The van der Waals surface area contributed by atoms with Gasteiger partial charge in [0.1, 0.15) is 5.75 Å². The summed E-state index contributed by atoms with van der Waals surface area (Å²) in [6.45, 7) is -0.610. The Morgan fingerprint density at radius 1 is 1.20 bits per heavy atom. The van der Waals surface area contributed by atoms with Crippen LogP contribution in [0.25, 0.3) is 0 Å². The highest BCUT2D eigenvalue weighted by Crippen LogP contribution is 2.18. The summed E-state index contributed by atoms with van der Waals surface area (Å²) in [4.78, 5) is 25.9. The second-order valence-electron chi connectivity index (χ2n) is 4.28. The molecule has 0 aliphatic heterocycles. The van der Waals surface area contributed by atoms with Crippen molar-refractivity contribution in [2.75, 3.05) is 24.7 Å². The summed E-state index contributed by atoms with van der Waals surface area (Å²) in [6, 6.07) is -0.296. The first kappa shape index (κ1) is 19.8. The minimum Gasteiger partial charge on any atom is -0.390 e. The average Bonchev–Trinajstić information content (AvgIpc) is 2.09. The summed E-state index contributed by atoms with van der Waals surface area (Å²) >= 11 is 0. The Hall–Kier alpha value is -0.243. The van der Waals surface area contributed by atoms with Gasteiger partial charge < -0.3 is 24.2 Å². The summed E-state index contributed by atoms with van der Waals surface area (Å²) in [6.07, 6.45) is -6.42. The molecule has 1 atom stereocenters. The molecule has 0 aromatic rings. The van der Waals surface area contributed by atoms with Crippen molar-refractivity contribution in [1.82, 2.24) is 0 Å². The van der Waals surface area contributed by atoms with Crippen molar-refractivity contribution < 1.29 is 45.8 Å². The zero-order valence-corrected chi connectivity index (χ0v) is 12.2. The monoisotopic (exact) mass is 342 g/mol. The SMILES string of the molecule is O=S(=O)(CC(O)COCCC[Si](O)(O)O)CC(F)(F)F. The number of sulfone groups is 1. The molecule has 0 radical (unpaired) electrons. The molecule has 0 aliphatic carbocycles.